The van der Waals surface area contributed by atoms with E-state index in [1.54, 1.807) is 6.07 Å². The predicted molar refractivity (Wildman–Crippen MR) is 118 cm³/mol. The highest BCUT2D eigenvalue weighted by molar-refractivity contribution is 5.96. The minimum Gasteiger partial charge on any atom is -0.501 e. The Morgan fingerprint density at radius 3 is 2.54 bits per heavy atom. The first-order valence-corrected chi connectivity index (χ1v) is 10.7. The van der Waals surface area contributed by atoms with Gasteiger partial charge in [0.25, 0.3) is 17.4 Å². The molecule has 0 aliphatic carbocycles. The summed E-state index contributed by atoms with van der Waals surface area (Å²) in [6.45, 7) is -0.919. The number of likely N-dealkylation sites (tertiary alicyclic amines) is 1. The second-order valence-electron chi connectivity index (χ2n) is 8.30. The molecule has 35 heavy (non-hydrogen) atoms. The van der Waals surface area contributed by atoms with Crippen LogP contribution >= 0.6 is 0 Å². The van der Waals surface area contributed by atoms with E-state index in [2.05, 4.69) is 9.97 Å². The Hall–Kier alpha value is -4.02. The van der Waals surface area contributed by atoms with Crippen LogP contribution in [0.15, 0.2) is 53.5 Å². The van der Waals surface area contributed by atoms with E-state index in [0.717, 1.165) is 9.47 Å². The summed E-state index contributed by atoms with van der Waals surface area (Å²) in [5.41, 5.74) is -0.980. The number of benzene rings is 1. The summed E-state index contributed by atoms with van der Waals surface area (Å²) in [5.74, 6) is -6.34. The molecule has 3 heterocycles. The van der Waals surface area contributed by atoms with Crippen molar-refractivity contribution in [3.8, 4) is 5.75 Å². The molecular formula is C24H21F3N4O4. The summed E-state index contributed by atoms with van der Waals surface area (Å²) in [5, 5.41) is 10.3. The van der Waals surface area contributed by atoms with Crippen molar-refractivity contribution in [1.29, 1.82) is 0 Å². The van der Waals surface area contributed by atoms with E-state index < -0.39 is 59.4 Å². The number of aryl methyl sites for hydroxylation is 1. The van der Waals surface area contributed by atoms with Crippen molar-refractivity contribution < 1.29 is 27.9 Å². The Bertz CT molecular complexity index is 1330. The molecule has 1 aliphatic rings. The van der Waals surface area contributed by atoms with Crippen LogP contribution in [0.1, 0.15) is 51.2 Å². The number of halogens is 3. The first-order chi connectivity index (χ1) is 16.6. The van der Waals surface area contributed by atoms with Gasteiger partial charge in [-0.3, -0.25) is 23.9 Å². The number of carbonyl (C=O) groups excluding carboxylic acids is 2. The molecule has 1 N–H and O–H groups in total. The lowest BCUT2D eigenvalue weighted by Crippen LogP contribution is -2.36. The van der Waals surface area contributed by atoms with Crippen LogP contribution in [0.5, 0.6) is 5.75 Å². The molecule has 4 rings (SSSR count). The summed E-state index contributed by atoms with van der Waals surface area (Å²) >= 11 is 0. The van der Waals surface area contributed by atoms with Gasteiger partial charge in [-0.25, -0.2) is 18.2 Å². The number of Topliss-reactive ketones (excluding diaryl/α,β-unsaturated/α-hetero) is 1. The van der Waals surface area contributed by atoms with Gasteiger partial charge in [0.15, 0.2) is 11.5 Å². The Morgan fingerprint density at radius 1 is 1.17 bits per heavy atom. The van der Waals surface area contributed by atoms with Gasteiger partial charge in [0.1, 0.15) is 17.3 Å². The lowest BCUT2D eigenvalue weighted by molar-refractivity contribution is 0.0117. The van der Waals surface area contributed by atoms with E-state index in [9.17, 15) is 32.7 Å². The number of alkyl halides is 2. The molecule has 1 aromatic carbocycles. The fourth-order valence-corrected chi connectivity index (χ4v) is 4.02. The molecule has 11 heteroatoms. The highest BCUT2D eigenvalue weighted by Crippen LogP contribution is 2.41. The lowest BCUT2D eigenvalue weighted by atomic mass is 10.0. The Labute approximate surface area is 197 Å². The topological polar surface area (TPSA) is 105 Å². The molecule has 2 aromatic heterocycles. The number of amides is 1. The molecule has 0 spiro atoms. The summed E-state index contributed by atoms with van der Waals surface area (Å²) in [6, 6.07) is 8.61. The number of carbonyl (C=O) groups is 2. The van der Waals surface area contributed by atoms with Crippen molar-refractivity contribution in [3.63, 3.8) is 0 Å². The molecule has 3 aromatic rings. The number of ketones is 1. The van der Waals surface area contributed by atoms with E-state index in [4.69, 9.17) is 0 Å². The first kappa shape index (κ1) is 24.1. The van der Waals surface area contributed by atoms with Crippen LogP contribution in [0, 0.1) is 5.82 Å². The van der Waals surface area contributed by atoms with Crippen LogP contribution in [-0.2, 0) is 13.5 Å². The van der Waals surface area contributed by atoms with Crippen LogP contribution in [0.4, 0.5) is 13.2 Å². The second-order valence-corrected chi connectivity index (χ2v) is 8.30. The van der Waals surface area contributed by atoms with Crippen molar-refractivity contribution in [2.24, 2.45) is 7.05 Å². The van der Waals surface area contributed by atoms with Gasteiger partial charge in [-0.2, -0.15) is 0 Å². The maximum absolute atomic E-state index is 14.4. The molecule has 0 unspecified atom stereocenters. The number of aromatic nitrogens is 3. The third-order valence-corrected chi connectivity index (χ3v) is 5.83. The number of hydrogen-bond donors (Lipinski definition) is 1. The molecule has 8 nitrogen and oxygen atoms in total. The predicted octanol–water partition coefficient (Wildman–Crippen LogP) is 3.06. The number of nitrogens with zero attached hydrogens (tertiary/aromatic N) is 4. The first-order valence-electron chi connectivity index (χ1n) is 10.7. The van der Waals surface area contributed by atoms with Gasteiger partial charge in [0.05, 0.1) is 12.6 Å². The van der Waals surface area contributed by atoms with Crippen LogP contribution in [-0.4, -0.2) is 48.7 Å². The second kappa shape index (κ2) is 9.32. The Kier molecular flexibility index (Phi) is 6.42. The van der Waals surface area contributed by atoms with Gasteiger partial charge in [-0.15, -0.1) is 0 Å². The molecule has 0 bridgehead atoms. The van der Waals surface area contributed by atoms with Gasteiger partial charge in [-0.05, 0) is 36.2 Å². The third-order valence-electron chi connectivity index (χ3n) is 5.83. The molecule has 0 radical (unpaired) electrons. The molecule has 1 fully saturated rings. The zero-order valence-electron chi connectivity index (χ0n) is 18.6. The minimum atomic E-state index is -3.27. The summed E-state index contributed by atoms with van der Waals surface area (Å²) in [7, 11) is 1.22. The van der Waals surface area contributed by atoms with Crippen LogP contribution in [0.2, 0.25) is 0 Å². The lowest BCUT2D eigenvalue weighted by Gasteiger charge is -2.25. The maximum atomic E-state index is 14.4. The van der Waals surface area contributed by atoms with Crippen molar-refractivity contribution in [2.45, 2.75) is 31.2 Å². The zero-order chi connectivity index (χ0) is 25.3. The van der Waals surface area contributed by atoms with Gasteiger partial charge in [0, 0.05) is 26.1 Å². The van der Waals surface area contributed by atoms with Gasteiger partial charge < -0.3 is 10.0 Å². The fourth-order valence-electron chi connectivity index (χ4n) is 4.02. The Morgan fingerprint density at radius 2 is 1.89 bits per heavy atom. The Balaban J connectivity index is 1.68. The van der Waals surface area contributed by atoms with E-state index in [1.807, 2.05) is 0 Å². The van der Waals surface area contributed by atoms with E-state index >= 15 is 0 Å². The average molecular weight is 486 g/mol. The van der Waals surface area contributed by atoms with E-state index in [1.165, 1.54) is 49.6 Å². The molecule has 1 saturated heterocycles. The molecule has 1 atom stereocenters. The van der Waals surface area contributed by atoms with Crippen molar-refractivity contribution >= 4 is 11.7 Å². The minimum absolute atomic E-state index is 0.0606. The third kappa shape index (κ3) is 4.93. The van der Waals surface area contributed by atoms with E-state index in [-0.39, 0.29) is 24.4 Å². The average Bonchev–Trinajstić information content (AvgIpc) is 3.17. The number of pyridine rings is 1. The van der Waals surface area contributed by atoms with Gasteiger partial charge in [-0.1, -0.05) is 18.2 Å². The highest BCUT2D eigenvalue weighted by Gasteiger charge is 2.49. The van der Waals surface area contributed by atoms with Crippen LogP contribution < -0.4 is 5.56 Å². The van der Waals surface area contributed by atoms with Crippen molar-refractivity contribution in [1.82, 2.24) is 19.4 Å². The zero-order valence-corrected chi connectivity index (χ0v) is 18.6. The van der Waals surface area contributed by atoms with Gasteiger partial charge >= 0.3 is 0 Å². The summed E-state index contributed by atoms with van der Waals surface area (Å²) < 4.78 is 42.8. The summed E-state index contributed by atoms with van der Waals surface area (Å²) in [6.07, 6.45) is 0.537. The van der Waals surface area contributed by atoms with Crippen LogP contribution in [0.3, 0.4) is 0 Å². The molecular weight excluding hydrogens is 465 g/mol. The van der Waals surface area contributed by atoms with Crippen molar-refractivity contribution in [2.75, 3.05) is 6.54 Å². The summed E-state index contributed by atoms with van der Waals surface area (Å²) in [4.78, 5) is 47.3. The molecule has 1 aliphatic heterocycles. The molecule has 182 valence electrons. The van der Waals surface area contributed by atoms with Crippen molar-refractivity contribution in [3.05, 3.63) is 87.6 Å². The SMILES string of the molecule is Cn1c([C@@H]2CC(F)(F)CN2C(=O)c2ccccn2)nc(C(=O)CCc2ccc(F)cc2)c(O)c1=O. The molecule has 0 saturated carbocycles. The van der Waals surface area contributed by atoms with Crippen LogP contribution in [0.25, 0.3) is 0 Å². The largest absolute Gasteiger partial charge is 0.501 e. The number of rotatable bonds is 6. The quantitative estimate of drug-likeness (QED) is 0.537. The van der Waals surface area contributed by atoms with E-state index in [0.29, 0.717) is 5.56 Å². The molecule has 1 amide bonds. The standard InChI is InChI=1S/C24H21F3N4O4/c1-30-21(17-12-24(26,27)13-31(17)22(34)16-4-2-3-11-28-16)29-19(20(33)23(30)35)18(32)10-7-14-5-8-15(25)9-6-14/h2-6,8-9,11,17,33H,7,10,12-13H2,1H3/t17-/m0/s1. The highest BCUT2D eigenvalue weighted by atomic mass is 19.3. The van der Waals surface area contributed by atoms with Gasteiger partial charge in [0.2, 0.25) is 5.75 Å². The normalized spacial score (nSPS) is 16.9. The monoisotopic (exact) mass is 486 g/mol. The smallest absolute Gasteiger partial charge is 0.296 e. The fraction of sp³-hybridized carbons (Fsp3) is 0.292. The maximum Gasteiger partial charge on any atom is 0.296 e. The number of hydrogen-bond acceptors (Lipinski definition) is 6. The number of aromatic hydroxyl groups is 1.